The summed E-state index contributed by atoms with van der Waals surface area (Å²) in [6, 6.07) is 13.6. The molecule has 0 aliphatic carbocycles. The van der Waals surface area contributed by atoms with Gasteiger partial charge < -0.3 is 15.0 Å². The summed E-state index contributed by atoms with van der Waals surface area (Å²) >= 11 is 0. The molecule has 0 aromatic heterocycles. The molecule has 1 N–H and O–H groups in total. The molecule has 0 atom stereocenters. The standard InChI is InChI=1S/C23H29N3O5S/c1-17(27)26-13-11-20(12-14-26)24-23(28)19-9-10-21(31-3)22(15-19)32(29,30)25(2)16-18-7-5-4-6-8-18/h4-10,15,20H,11-14,16H2,1-3H3,(H,24,28). The van der Waals surface area contributed by atoms with Crippen LogP contribution in [0.5, 0.6) is 5.75 Å². The summed E-state index contributed by atoms with van der Waals surface area (Å²) in [4.78, 5) is 26.0. The Balaban J connectivity index is 1.77. The van der Waals surface area contributed by atoms with Crippen LogP contribution in [0.2, 0.25) is 0 Å². The molecule has 2 aromatic rings. The number of carbonyl (C=O) groups excluding carboxylic acids is 2. The maximum absolute atomic E-state index is 13.3. The predicted molar refractivity (Wildman–Crippen MR) is 121 cm³/mol. The van der Waals surface area contributed by atoms with Crippen LogP contribution >= 0.6 is 0 Å². The highest BCUT2D eigenvalue weighted by molar-refractivity contribution is 7.89. The van der Waals surface area contributed by atoms with Crippen molar-refractivity contribution in [3.63, 3.8) is 0 Å². The number of rotatable bonds is 7. The van der Waals surface area contributed by atoms with E-state index < -0.39 is 10.0 Å². The molecule has 9 heteroatoms. The van der Waals surface area contributed by atoms with Gasteiger partial charge in [-0.25, -0.2) is 8.42 Å². The smallest absolute Gasteiger partial charge is 0.251 e. The van der Waals surface area contributed by atoms with E-state index in [9.17, 15) is 18.0 Å². The molecule has 1 aliphatic rings. The first-order valence-electron chi connectivity index (χ1n) is 10.5. The average molecular weight is 460 g/mol. The average Bonchev–Trinajstić information content (AvgIpc) is 2.79. The number of nitrogens with zero attached hydrogens (tertiary/aromatic N) is 2. The molecule has 0 unspecified atom stereocenters. The molecule has 172 valence electrons. The van der Waals surface area contributed by atoms with Crippen LogP contribution in [0.15, 0.2) is 53.4 Å². The molecule has 1 fully saturated rings. The van der Waals surface area contributed by atoms with Gasteiger partial charge in [-0.1, -0.05) is 30.3 Å². The van der Waals surface area contributed by atoms with Gasteiger partial charge in [0.15, 0.2) is 0 Å². The van der Waals surface area contributed by atoms with Crippen molar-refractivity contribution in [2.24, 2.45) is 0 Å². The lowest BCUT2D eigenvalue weighted by Gasteiger charge is -2.31. The van der Waals surface area contributed by atoms with Crippen molar-refractivity contribution in [2.75, 3.05) is 27.2 Å². The SMILES string of the molecule is COc1ccc(C(=O)NC2CCN(C(C)=O)CC2)cc1S(=O)(=O)N(C)Cc1ccccc1. The maximum Gasteiger partial charge on any atom is 0.251 e. The number of hydrogen-bond donors (Lipinski definition) is 1. The number of amides is 2. The highest BCUT2D eigenvalue weighted by Crippen LogP contribution is 2.28. The van der Waals surface area contributed by atoms with Gasteiger partial charge in [-0.3, -0.25) is 9.59 Å². The minimum atomic E-state index is -3.90. The minimum Gasteiger partial charge on any atom is -0.495 e. The lowest BCUT2D eigenvalue weighted by Crippen LogP contribution is -2.46. The van der Waals surface area contributed by atoms with Crippen molar-refractivity contribution in [2.45, 2.75) is 37.2 Å². The van der Waals surface area contributed by atoms with Crippen LogP contribution in [0.4, 0.5) is 0 Å². The lowest BCUT2D eigenvalue weighted by atomic mass is 10.0. The second-order valence-electron chi connectivity index (χ2n) is 7.87. The van der Waals surface area contributed by atoms with Crippen molar-refractivity contribution >= 4 is 21.8 Å². The van der Waals surface area contributed by atoms with Gasteiger partial charge in [0.1, 0.15) is 10.6 Å². The van der Waals surface area contributed by atoms with E-state index in [0.717, 1.165) is 5.56 Å². The van der Waals surface area contributed by atoms with Gasteiger partial charge in [-0.15, -0.1) is 0 Å². The van der Waals surface area contributed by atoms with Crippen molar-refractivity contribution in [1.29, 1.82) is 0 Å². The Hall–Kier alpha value is -2.91. The molecule has 3 rings (SSSR count). The molecule has 0 bridgehead atoms. The zero-order chi connectivity index (χ0) is 23.3. The summed E-state index contributed by atoms with van der Waals surface area (Å²) in [5.41, 5.74) is 1.09. The van der Waals surface area contributed by atoms with Crippen LogP contribution in [0.3, 0.4) is 0 Å². The number of likely N-dealkylation sites (tertiary alicyclic amines) is 1. The molecule has 2 aromatic carbocycles. The van der Waals surface area contributed by atoms with Gasteiger partial charge in [0.2, 0.25) is 15.9 Å². The fraction of sp³-hybridized carbons (Fsp3) is 0.391. The number of carbonyl (C=O) groups is 2. The summed E-state index contributed by atoms with van der Waals surface area (Å²) in [5.74, 6) is -0.147. The van der Waals surface area contributed by atoms with Gasteiger partial charge in [-0.05, 0) is 36.6 Å². The van der Waals surface area contributed by atoms with Gasteiger partial charge in [0, 0.05) is 45.2 Å². The monoisotopic (exact) mass is 459 g/mol. The zero-order valence-corrected chi connectivity index (χ0v) is 19.4. The maximum atomic E-state index is 13.3. The second-order valence-corrected chi connectivity index (χ2v) is 9.88. The highest BCUT2D eigenvalue weighted by atomic mass is 32.2. The number of ether oxygens (including phenoxy) is 1. The van der Waals surface area contributed by atoms with Gasteiger partial charge >= 0.3 is 0 Å². The van der Waals surface area contributed by atoms with Gasteiger partial charge in [0.05, 0.1) is 7.11 Å². The number of hydrogen-bond acceptors (Lipinski definition) is 5. The molecule has 1 saturated heterocycles. The Morgan fingerprint density at radius 1 is 1.12 bits per heavy atom. The number of piperidine rings is 1. The largest absolute Gasteiger partial charge is 0.495 e. The lowest BCUT2D eigenvalue weighted by molar-refractivity contribution is -0.129. The highest BCUT2D eigenvalue weighted by Gasteiger charge is 2.27. The second kappa shape index (κ2) is 10.1. The third-order valence-electron chi connectivity index (χ3n) is 5.64. The van der Waals surface area contributed by atoms with E-state index in [2.05, 4.69) is 5.32 Å². The van der Waals surface area contributed by atoms with Crippen molar-refractivity contribution in [3.8, 4) is 5.75 Å². The van der Waals surface area contributed by atoms with Crippen molar-refractivity contribution < 1.29 is 22.7 Å². The Morgan fingerprint density at radius 2 is 1.78 bits per heavy atom. The third-order valence-corrected chi connectivity index (χ3v) is 7.46. The Morgan fingerprint density at radius 3 is 2.38 bits per heavy atom. The summed E-state index contributed by atoms with van der Waals surface area (Å²) in [5, 5.41) is 2.95. The first-order valence-corrected chi connectivity index (χ1v) is 11.9. The normalized spacial score (nSPS) is 14.9. The predicted octanol–water partition coefficient (Wildman–Crippen LogP) is 2.26. The first-order chi connectivity index (χ1) is 15.2. The fourth-order valence-corrected chi connectivity index (χ4v) is 5.06. The van der Waals surface area contributed by atoms with Crippen LogP contribution in [0.1, 0.15) is 35.7 Å². The molecular weight excluding hydrogens is 430 g/mol. The topological polar surface area (TPSA) is 96.0 Å². The number of methoxy groups -OCH3 is 1. The minimum absolute atomic E-state index is 0.0272. The Kier molecular flexibility index (Phi) is 7.52. The summed E-state index contributed by atoms with van der Waals surface area (Å²) in [6.45, 7) is 2.91. The van der Waals surface area contributed by atoms with E-state index in [-0.39, 0.29) is 40.6 Å². The summed E-state index contributed by atoms with van der Waals surface area (Å²) in [7, 11) is -1.01. The Labute approximate surface area is 189 Å². The molecule has 1 heterocycles. The molecule has 0 radical (unpaired) electrons. The first kappa shape index (κ1) is 23.7. The van der Waals surface area contributed by atoms with Crippen molar-refractivity contribution in [3.05, 3.63) is 59.7 Å². The van der Waals surface area contributed by atoms with E-state index >= 15 is 0 Å². The molecule has 0 spiro atoms. The Bertz CT molecular complexity index is 1060. The number of benzene rings is 2. The zero-order valence-electron chi connectivity index (χ0n) is 18.6. The molecule has 0 saturated carbocycles. The molecule has 8 nitrogen and oxygen atoms in total. The number of sulfonamides is 1. The summed E-state index contributed by atoms with van der Waals surface area (Å²) in [6.07, 6.45) is 1.32. The van der Waals surface area contributed by atoms with Crippen LogP contribution in [-0.4, -0.2) is 62.7 Å². The fourth-order valence-electron chi connectivity index (χ4n) is 3.72. The van der Waals surface area contributed by atoms with Crippen LogP contribution < -0.4 is 10.1 Å². The molecule has 2 amide bonds. The third kappa shape index (κ3) is 5.46. The molecular formula is C23H29N3O5S. The molecule has 1 aliphatic heterocycles. The van der Waals surface area contributed by atoms with Crippen LogP contribution in [-0.2, 0) is 21.4 Å². The quantitative estimate of drug-likeness (QED) is 0.685. The van der Waals surface area contributed by atoms with E-state index in [1.165, 1.54) is 37.5 Å². The van der Waals surface area contributed by atoms with Gasteiger partial charge in [0.25, 0.3) is 5.91 Å². The summed E-state index contributed by atoms with van der Waals surface area (Å²) < 4.78 is 33.0. The van der Waals surface area contributed by atoms with E-state index in [1.807, 2.05) is 30.3 Å². The van der Waals surface area contributed by atoms with Gasteiger partial charge in [-0.2, -0.15) is 4.31 Å². The van der Waals surface area contributed by atoms with E-state index in [0.29, 0.717) is 25.9 Å². The van der Waals surface area contributed by atoms with E-state index in [4.69, 9.17) is 4.74 Å². The number of nitrogens with one attached hydrogen (secondary N) is 1. The van der Waals surface area contributed by atoms with Crippen LogP contribution in [0, 0.1) is 0 Å². The van der Waals surface area contributed by atoms with Crippen LogP contribution in [0.25, 0.3) is 0 Å². The molecule has 32 heavy (non-hydrogen) atoms. The van der Waals surface area contributed by atoms with Crippen molar-refractivity contribution in [1.82, 2.24) is 14.5 Å². The van der Waals surface area contributed by atoms with E-state index in [1.54, 1.807) is 11.0 Å².